The third-order valence-electron chi connectivity index (χ3n) is 3.99. The minimum atomic E-state index is -0.405. The second-order valence-electron chi connectivity index (χ2n) is 5.63. The highest BCUT2D eigenvalue weighted by molar-refractivity contribution is 5.74. The maximum Gasteiger partial charge on any atom is 0.318 e. The van der Waals surface area contributed by atoms with E-state index in [2.05, 4.69) is 15.5 Å². The number of rotatable bonds is 5. The van der Waals surface area contributed by atoms with Gasteiger partial charge in [-0.05, 0) is 18.6 Å². The molecule has 24 heavy (non-hydrogen) atoms. The number of nitrogens with zero attached hydrogens (tertiary/aromatic N) is 4. The van der Waals surface area contributed by atoms with Gasteiger partial charge in [0.05, 0.1) is 13.1 Å². The second-order valence-corrected chi connectivity index (χ2v) is 5.63. The normalized spacial score (nSPS) is 14.8. The highest BCUT2D eigenvalue weighted by atomic mass is 19.1. The molecule has 8 heteroatoms. The van der Waals surface area contributed by atoms with Crippen molar-refractivity contribution >= 4 is 6.03 Å². The first-order valence-corrected chi connectivity index (χ1v) is 7.98. The van der Waals surface area contributed by atoms with Crippen LogP contribution in [0.1, 0.15) is 19.2 Å². The van der Waals surface area contributed by atoms with Crippen molar-refractivity contribution in [3.05, 3.63) is 42.2 Å². The third-order valence-corrected chi connectivity index (χ3v) is 3.99. The van der Waals surface area contributed by atoms with Crippen molar-refractivity contribution in [3.8, 4) is 5.75 Å². The molecule has 0 saturated heterocycles. The van der Waals surface area contributed by atoms with Gasteiger partial charge < -0.3 is 19.5 Å². The van der Waals surface area contributed by atoms with Gasteiger partial charge in [0.25, 0.3) is 0 Å². The van der Waals surface area contributed by atoms with E-state index >= 15 is 0 Å². The van der Waals surface area contributed by atoms with Crippen LogP contribution < -0.4 is 10.1 Å². The van der Waals surface area contributed by atoms with Gasteiger partial charge in [-0.25, -0.2) is 9.18 Å². The van der Waals surface area contributed by atoms with E-state index in [4.69, 9.17) is 4.74 Å². The molecule has 0 fully saturated rings. The molecular formula is C16H20FN5O2. The van der Waals surface area contributed by atoms with Gasteiger partial charge in [-0.2, -0.15) is 0 Å². The molecule has 0 spiro atoms. The maximum atomic E-state index is 13.7. The van der Waals surface area contributed by atoms with Crippen LogP contribution in [0.4, 0.5) is 9.18 Å². The van der Waals surface area contributed by atoms with Crippen molar-refractivity contribution in [3.63, 3.8) is 0 Å². The number of halogens is 1. The van der Waals surface area contributed by atoms with Crippen LogP contribution in [0.25, 0.3) is 0 Å². The van der Waals surface area contributed by atoms with Crippen molar-refractivity contribution in [2.75, 3.05) is 13.1 Å². The predicted molar refractivity (Wildman–Crippen MR) is 84.9 cm³/mol. The lowest BCUT2D eigenvalue weighted by atomic mass is 10.2. The van der Waals surface area contributed by atoms with Crippen LogP contribution in [0, 0.1) is 5.82 Å². The Kier molecular flexibility index (Phi) is 4.93. The number of ether oxygens (including phenoxy) is 1. The number of urea groups is 1. The van der Waals surface area contributed by atoms with E-state index in [1.54, 1.807) is 29.4 Å². The Balaban J connectivity index is 1.52. The van der Waals surface area contributed by atoms with Crippen LogP contribution in [0.15, 0.2) is 30.6 Å². The number of carbonyl (C=O) groups is 1. The zero-order valence-electron chi connectivity index (χ0n) is 13.5. The maximum absolute atomic E-state index is 13.7. The highest BCUT2D eigenvalue weighted by Crippen LogP contribution is 2.18. The number of nitrogens with one attached hydrogen (secondary N) is 1. The van der Waals surface area contributed by atoms with E-state index in [0.717, 1.165) is 5.82 Å². The van der Waals surface area contributed by atoms with Crippen LogP contribution in [0.5, 0.6) is 5.75 Å². The minimum absolute atomic E-state index is 0.181. The monoisotopic (exact) mass is 333 g/mol. The van der Waals surface area contributed by atoms with Gasteiger partial charge >= 0.3 is 6.03 Å². The number of hydrogen-bond donors (Lipinski definition) is 1. The van der Waals surface area contributed by atoms with Crippen LogP contribution in [0.2, 0.25) is 0 Å². The summed E-state index contributed by atoms with van der Waals surface area (Å²) in [7, 11) is 0. The van der Waals surface area contributed by atoms with Gasteiger partial charge in [0.15, 0.2) is 17.4 Å². The Morgan fingerprint density at radius 1 is 1.42 bits per heavy atom. The SMILES string of the molecule is CCC(CNC(=O)N1CCn2cnnc2C1)Oc1ccccc1F. The molecule has 2 heterocycles. The molecule has 2 amide bonds. The number of fused-ring (bicyclic) bond motifs is 1. The van der Waals surface area contributed by atoms with Crippen molar-refractivity contribution in [2.45, 2.75) is 32.5 Å². The molecule has 0 bridgehead atoms. The first-order valence-electron chi connectivity index (χ1n) is 7.98. The van der Waals surface area contributed by atoms with E-state index in [1.807, 2.05) is 11.5 Å². The van der Waals surface area contributed by atoms with E-state index < -0.39 is 5.82 Å². The van der Waals surface area contributed by atoms with E-state index in [0.29, 0.717) is 32.6 Å². The molecule has 2 aromatic rings. The van der Waals surface area contributed by atoms with E-state index in [1.165, 1.54) is 6.07 Å². The molecular weight excluding hydrogens is 313 g/mol. The van der Waals surface area contributed by atoms with Gasteiger partial charge in [-0.1, -0.05) is 19.1 Å². The smallest absolute Gasteiger partial charge is 0.318 e. The molecule has 0 saturated carbocycles. The van der Waals surface area contributed by atoms with E-state index in [9.17, 15) is 9.18 Å². The van der Waals surface area contributed by atoms with Crippen LogP contribution in [-0.4, -0.2) is 44.9 Å². The summed E-state index contributed by atoms with van der Waals surface area (Å²) < 4.78 is 21.2. The summed E-state index contributed by atoms with van der Waals surface area (Å²) in [6.07, 6.45) is 2.03. The van der Waals surface area contributed by atoms with Crippen LogP contribution >= 0.6 is 0 Å². The van der Waals surface area contributed by atoms with Gasteiger partial charge in [0, 0.05) is 13.1 Å². The highest BCUT2D eigenvalue weighted by Gasteiger charge is 2.22. The number of hydrogen-bond acceptors (Lipinski definition) is 4. The molecule has 1 N–H and O–H groups in total. The first kappa shape index (κ1) is 16.2. The summed E-state index contributed by atoms with van der Waals surface area (Å²) in [5, 5.41) is 10.7. The molecule has 1 unspecified atom stereocenters. The molecule has 7 nitrogen and oxygen atoms in total. The quantitative estimate of drug-likeness (QED) is 0.906. The van der Waals surface area contributed by atoms with Crippen molar-refractivity contribution in [1.82, 2.24) is 25.0 Å². The van der Waals surface area contributed by atoms with Gasteiger partial charge in [-0.15, -0.1) is 10.2 Å². The summed E-state index contributed by atoms with van der Waals surface area (Å²) in [5.41, 5.74) is 0. The minimum Gasteiger partial charge on any atom is -0.486 e. The summed E-state index contributed by atoms with van der Waals surface area (Å²) >= 11 is 0. The molecule has 0 aliphatic carbocycles. The summed E-state index contributed by atoms with van der Waals surface area (Å²) in [6.45, 7) is 3.95. The average Bonchev–Trinajstić information content (AvgIpc) is 3.07. The Bertz CT molecular complexity index is 705. The van der Waals surface area contributed by atoms with Crippen molar-refractivity contribution in [2.24, 2.45) is 0 Å². The molecule has 128 valence electrons. The zero-order chi connectivity index (χ0) is 16.9. The zero-order valence-corrected chi connectivity index (χ0v) is 13.5. The molecule has 3 rings (SSSR count). The molecule has 1 aromatic heterocycles. The average molecular weight is 333 g/mol. The van der Waals surface area contributed by atoms with Crippen LogP contribution in [-0.2, 0) is 13.1 Å². The van der Waals surface area contributed by atoms with Gasteiger partial charge in [0.2, 0.25) is 0 Å². The van der Waals surface area contributed by atoms with Crippen molar-refractivity contribution < 1.29 is 13.9 Å². The van der Waals surface area contributed by atoms with Crippen molar-refractivity contribution in [1.29, 1.82) is 0 Å². The first-order chi connectivity index (χ1) is 11.7. The summed E-state index contributed by atoms with van der Waals surface area (Å²) in [6, 6.07) is 6.08. The fourth-order valence-corrected chi connectivity index (χ4v) is 2.54. The number of amides is 2. The third kappa shape index (κ3) is 3.64. The standard InChI is InChI=1S/C16H20FN5O2/c1-2-12(24-14-6-4-3-5-13(14)17)9-18-16(23)21-7-8-22-11-19-20-15(22)10-21/h3-6,11-12H,2,7-10H2,1H3,(H,18,23). The fraction of sp³-hybridized carbons (Fsp3) is 0.438. The number of aromatic nitrogens is 3. The topological polar surface area (TPSA) is 72.3 Å². The lowest BCUT2D eigenvalue weighted by Crippen LogP contribution is -2.46. The Labute approximate surface area is 139 Å². The fourth-order valence-electron chi connectivity index (χ4n) is 2.54. The Morgan fingerprint density at radius 3 is 3.04 bits per heavy atom. The molecule has 1 aromatic carbocycles. The van der Waals surface area contributed by atoms with Gasteiger partial charge in [0.1, 0.15) is 12.4 Å². The second kappa shape index (κ2) is 7.29. The van der Waals surface area contributed by atoms with Gasteiger partial charge in [-0.3, -0.25) is 0 Å². The number of carbonyl (C=O) groups excluding carboxylic acids is 1. The number of para-hydroxylation sites is 1. The molecule has 1 aliphatic heterocycles. The van der Waals surface area contributed by atoms with E-state index in [-0.39, 0.29) is 17.9 Å². The molecule has 0 radical (unpaired) electrons. The summed E-state index contributed by atoms with van der Waals surface area (Å²) in [4.78, 5) is 14.0. The number of benzene rings is 1. The predicted octanol–water partition coefficient (Wildman–Crippen LogP) is 1.80. The Hall–Kier alpha value is -2.64. The van der Waals surface area contributed by atoms with Crippen LogP contribution in [0.3, 0.4) is 0 Å². The summed E-state index contributed by atoms with van der Waals surface area (Å²) in [5.74, 6) is 0.563. The molecule has 1 aliphatic rings. The molecule has 1 atom stereocenters. The Morgan fingerprint density at radius 2 is 2.25 bits per heavy atom. The lowest BCUT2D eigenvalue weighted by molar-refractivity contribution is 0.161. The largest absolute Gasteiger partial charge is 0.486 e. The lowest BCUT2D eigenvalue weighted by Gasteiger charge is -2.28.